The van der Waals surface area contributed by atoms with Gasteiger partial charge < -0.3 is 19.5 Å². The van der Waals surface area contributed by atoms with E-state index in [1.807, 2.05) is 11.8 Å². The average molecular weight is 291 g/mol. The summed E-state index contributed by atoms with van der Waals surface area (Å²) in [7, 11) is 0. The van der Waals surface area contributed by atoms with Crippen molar-refractivity contribution in [3.8, 4) is 0 Å². The summed E-state index contributed by atoms with van der Waals surface area (Å²) < 4.78 is 16.3. The highest BCUT2D eigenvalue weighted by atomic mass is 32.2. The van der Waals surface area contributed by atoms with Crippen LogP contribution in [0.2, 0.25) is 0 Å². The number of rotatable bonds is 14. The first-order valence-corrected chi connectivity index (χ1v) is 8.60. The summed E-state index contributed by atoms with van der Waals surface area (Å²) in [5.41, 5.74) is 0. The van der Waals surface area contributed by atoms with Crippen LogP contribution < -0.4 is 5.32 Å². The first kappa shape index (κ1) is 17.2. The second kappa shape index (κ2) is 13.2. The zero-order chi connectivity index (χ0) is 13.6. The Hall–Kier alpha value is 0.190. The Bertz CT molecular complexity index is 192. The molecule has 114 valence electrons. The maximum atomic E-state index is 5.51. The minimum atomic E-state index is 0.675. The SMILES string of the molecule is CCCCOCCOCCOCCSCC1CNC1. The Kier molecular flexibility index (Phi) is 12.0. The topological polar surface area (TPSA) is 39.7 Å². The standard InChI is InChI=1S/C14H29NO3S/c1-2-3-4-16-5-6-17-7-8-18-9-10-19-13-14-11-15-12-14/h14-15H,2-13H2,1H3. The molecule has 1 N–H and O–H groups in total. The fourth-order valence-electron chi connectivity index (χ4n) is 1.62. The van der Waals surface area contributed by atoms with E-state index >= 15 is 0 Å². The smallest absolute Gasteiger partial charge is 0.0701 e. The molecule has 1 rings (SSSR count). The van der Waals surface area contributed by atoms with Crippen LogP contribution in [0.1, 0.15) is 19.8 Å². The molecule has 0 aliphatic carbocycles. The normalized spacial score (nSPS) is 15.6. The molecule has 1 aliphatic rings. The quantitative estimate of drug-likeness (QED) is 0.494. The molecule has 19 heavy (non-hydrogen) atoms. The molecule has 5 heteroatoms. The number of thioether (sulfide) groups is 1. The van der Waals surface area contributed by atoms with Crippen molar-refractivity contribution in [1.82, 2.24) is 5.32 Å². The van der Waals surface area contributed by atoms with E-state index in [-0.39, 0.29) is 0 Å². The van der Waals surface area contributed by atoms with E-state index < -0.39 is 0 Å². The second-order valence-electron chi connectivity index (χ2n) is 4.79. The lowest BCUT2D eigenvalue weighted by Gasteiger charge is -2.26. The maximum absolute atomic E-state index is 5.51. The van der Waals surface area contributed by atoms with Crippen molar-refractivity contribution in [1.29, 1.82) is 0 Å². The van der Waals surface area contributed by atoms with E-state index in [2.05, 4.69) is 12.2 Å². The van der Waals surface area contributed by atoms with Crippen molar-refractivity contribution in [3.63, 3.8) is 0 Å². The Morgan fingerprint density at radius 1 is 0.947 bits per heavy atom. The highest BCUT2D eigenvalue weighted by Gasteiger charge is 2.15. The molecular weight excluding hydrogens is 262 g/mol. The lowest BCUT2D eigenvalue weighted by atomic mass is 10.1. The third-order valence-electron chi connectivity index (χ3n) is 2.98. The minimum absolute atomic E-state index is 0.675. The van der Waals surface area contributed by atoms with Crippen molar-refractivity contribution in [2.75, 3.05) is 64.2 Å². The molecule has 1 aliphatic heterocycles. The molecule has 0 spiro atoms. The van der Waals surface area contributed by atoms with Gasteiger partial charge in [-0.15, -0.1) is 0 Å². The number of hydrogen-bond donors (Lipinski definition) is 1. The van der Waals surface area contributed by atoms with Gasteiger partial charge in [-0.2, -0.15) is 11.8 Å². The first-order chi connectivity index (χ1) is 9.43. The summed E-state index contributed by atoms with van der Waals surface area (Å²) in [5.74, 6) is 3.25. The van der Waals surface area contributed by atoms with Crippen molar-refractivity contribution in [2.24, 2.45) is 5.92 Å². The van der Waals surface area contributed by atoms with E-state index in [1.165, 1.54) is 25.3 Å². The van der Waals surface area contributed by atoms with Crippen LogP contribution in [-0.4, -0.2) is 64.2 Å². The Morgan fingerprint density at radius 2 is 1.58 bits per heavy atom. The molecule has 4 nitrogen and oxygen atoms in total. The molecule has 0 saturated carbocycles. The maximum Gasteiger partial charge on any atom is 0.0701 e. The molecule has 0 atom stereocenters. The van der Waals surface area contributed by atoms with Crippen molar-refractivity contribution in [2.45, 2.75) is 19.8 Å². The molecular formula is C14H29NO3S. The van der Waals surface area contributed by atoms with Gasteiger partial charge in [-0.05, 0) is 31.2 Å². The molecule has 0 aromatic heterocycles. The molecule has 0 bridgehead atoms. The minimum Gasteiger partial charge on any atom is -0.379 e. The van der Waals surface area contributed by atoms with Gasteiger partial charge in [0.2, 0.25) is 0 Å². The zero-order valence-electron chi connectivity index (χ0n) is 12.2. The predicted octanol–water partition coefficient (Wildman–Crippen LogP) is 1.79. The van der Waals surface area contributed by atoms with Crippen molar-refractivity contribution < 1.29 is 14.2 Å². The van der Waals surface area contributed by atoms with Gasteiger partial charge in [0.25, 0.3) is 0 Å². The molecule has 1 saturated heterocycles. The van der Waals surface area contributed by atoms with E-state index in [9.17, 15) is 0 Å². The van der Waals surface area contributed by atoms with Crippen LogP contribution in [0.15, 0.2) is 0 Å². The zero-order valence-corrected chi connectivity index (χ0v) is 13.0. The molecule has 1 heterocycles. The summed E-state index contributed by atoms with van der Waals surface area (Å²) in [4.78, 5) is 0. The lowest BCUT2D eigenvalue weighted by molar-refractivity contribution is 0.0169. The van der Waals surface area contributed by atoms with E-state index in [0.717, 1.165) is 31.3 Å². The monoisotopic (exact) mass is 291 g/mol. The molecule has 0 radical (unpaired) electrons. The predicted molar refractivity (Wildman–Crippen MR) is 81.0 cm³/mol. The third-order valence-corrected chi connectivity index (χ3v) is 4.14. The summed E-state index contributed by atoms with van der Waals surface area (Å²) in [6.45, 7) is 8.99. The van der Waals surface area contributed by atoms with Gasteiger partial charge in [-0.3, -0.25) is 0 Å². The van der Waals surface area contributed by atoms with Crippen LogP contribution in [0.4, 0.5) is 0 Å². The Balaban J connectivity index is 1.62. The largest absolute Gasteiger partial charge is 0.379 e. The van der Waals surface area contributed by atoms with Crippen LogP contribution in [0.25, 0.3) is 0 Å². The summed E-state index contributed by atoms with van der Waals surface area (Å²) in [6.07, 6.45) is 2.32. The van der Waals surface area contributed by atoms with Gasteiger partial charge in [0.1, 0.15) is 0 Å². The van der Waals surface area contributed by atoms with Crippen LogP contribution in [0, 0.1) is 5.92 Å². The number of nitrogens with one attached hydrogen (secondary N) is 1. The Morgan fingerprint density at radius 3 is 2.16 bits per heavy atom. The Labute approximate surface area is 121 Å². The van der Waals surface area contributed by atoms with Gasteiger partial charge in [-0.25, -0.2) is 0 Å². The fourth-order valence-corrected chi connectivity index (χ4v) is 2.59. The van der Waals surface area contributed by atoms with Crippen LogP contribution in [0.5, 0.6) is 0 Å². The number of hydrogen-bond acceptors (Lipinski definition) is 5. The fraction of sp³-hybridized carbons (Fsp3) is 1.00. The van der Waals surface area contributed by atoms with E-state index in [0.29, 0.717) is 26.4 Å². The molecule has 0 aromatic rings. The molecule has 1 fully saturated rings. The van der Waals surface area contributed by atoms with Crippen LogP contribution >= 0.6 is 11.8 Å². The van der Waals surface area contributed by atoms with Crippen LogP contribution in [0.3, 0.4) is 0 Å². The second-order valence-corrected chi connectivity index (χ2v) is 5.94. The van der Waals surface area contributed by atoms with Gasteiger partial charge in [0.05, 0.1) is 33.0 Å². The summed E-state index contributed by atoms with van der Waals surface area (Å²) in [5, 5.41) is 3.29. The summed E-state index contributed by atoms with van der Waals surface area (Å²) >= 11 is 1.99. The average Bonchev–Trinajstić information content (AvgIpc) is 2.37. The van der Waals surface area contributed by atoms with Crippen LogP contribution in [-0.2, 0) is 14.2 Å². The first-order valence-electron chi connectivity index (χ1n) is 7.45. The highest BCUT2D eigenvalue weighted by molar-refractivity contribution is 7.99. The molecule has 0 amide bonds. The molecule has 0 unspecified atom stereocenters. The molecule has 0 aromatic carbocycles. The third kappa shape index (κ3) is 10.6. The van der Waals surface area contributed by atoms with E-state index in [1.54, 1.807) is 0 Å². The van der Waals surface area contributed by atoms with Crippen molar-refractivity contribution >= 4 is 11.8 Å². The van der Waals surface area contributed by atoms with Gasteiger partial charge in [-0.1, -0.05) is 13.3 Å². The number of unbranched alkanes of at least 4 members (excludes halogenated alkanes) is 1. The van der Waals surface area contributed by atoms with E-state index in [4.69, 9.17) is 14.2 Å². The highest BCUT2D eigenvalue weighted by Crippen LogP contribution is 2.11. The lowest BCUT2D eigenvalue weighted by Crippen LogP contribution is -2.43. The van der Waals surface area contributed by atoms with Gasteiger partial charge >= 0.3 is 0 Å². The number of ether oxygens (including phenoxy) is 3. The van der Waals surface area contributed by atoms with Crippen molar-refractivity contribution in [3.05, 3.63) is 0 Å². The summed E-state index contributed by atoms with van der Waals surface area (Å²) in [6, 6.07) is 0. The van der Waals surface area contributed by atoms with Gasteiger partial charge in [0, 0.05) is 12.4 Å². The van der Waals surface area contributed by atoms with Gasteiger partial charge in [0.15, 0.2) is 0 Å².